The van der Waals surface area contributed by atoms with Crippen LogP contribution in [-0.4, -0.2) is 44.3 Å². The van der Waals surface area contributed by atoms with Crippen LogP contribution in [0.4, 0.5) is 5.69 Å². The Morgan fingerprint density at radius 1 is 0.900 bits per heavy atom. The fourth-order valence-corrected chi connectivity index (χ4v) is 6.21. The number of anilines is 1. The first kappa shape index (κ1) is 31.7. The van der Waals surface area contributed by atoms with Gasteiger partial charge < -0.3 is 10.2 Å². The van der Waals surface area contributed by atoms with Crippen LogP contribution in [0.5, 0.6) is 0 Å². The van der Waals surface area contributed by atoms with Gasteiger partial charge in [-0.05, 0) is 54.3 Å². The molecule has 1 unspecified atom stereocenters. The van der Waals surface area contributed by atoms with Crippen LogP contribution in [0.2, 0.25) is 15.1 Å². The molecule has 0 saturated heterocycles. The SMILES string of the molecule is CCC(C(=O)NCC(C)C)N(Cc1ccccc1Cl)C(=O)CN(c1cc(Cl)cc(Cl)c1)S(=O)(=O)c1ccccc1. The van der Waals surface area contributed by atoms with E-state index in [2.05, 4.69) is 5.32 Å². The standard InChI is InChI=1S/C29H32Cl3N3O4S/c1-4-27(29(37)33-17-20(2)3)34(18-21-10-8-9-13-26(21)32)28(36)19-35(24-15-22(30)14-23(31)16-24)40(38,39)25-11-6-5-7-12-25/h5-16,20,27H,4,17-19H2,1-3H3,(H,33,37). The van der Waals surface area contributed by atoms with E-state index in [1.54, 1.807) is 49.4 Å². The molecule has 3 aromatic rings. The number of nitrogens with one attached hydrogen (secondary N) is 1. The van der Waals surface area contributed by atoms with Gasteiger partial charge in [-0.3, -0.25) is 13.9 Å². The topological polar surface area (TPSA) is 86.8 Å². The number of sulfonamides is 1. The van der Waals surface area contributed by atoms with Gasteiger partial charge in [-0.25, -0.2) is 8.42 Å². The van der Waals surface area contributed by atoms with Crippen LogP contribution in [0.3, 0.4) is 0 Å². The third-order valence-electron chi connectivity index (χ3n) is 6.11. The highest BCUT2D eigenvalue weighted by molar-refractivity contribution is 7.92. The Kier molecular flexibility index (Phi) is 11.3. The average molecular weight is 625 g/mol. The number of halogens is 3. The van der Waals surface area contributed by atoms with Crippen LogP contribution >= 0.6 is 34.8 Å². The van der Waals surface area contributed by atoms with Crippen molar-refractivity contribution in [3.05, 3.63) is 93.4 Å². The lowest BCUT2D eigenvalue weighted by atomic mass is 10.1. The molecule has 214 valence electrons. The van der Waals surface area contributed by atoms with Crippen LogP contribution in [0.25, 0.3) is 0 Å². The van der Waals surface area contributed by atoms with Crippen molar-refractivity contribution in [2.75, 3.05) is 17.4 Å². The minimum atomic E-state index is -4.23. The number of hydrogen-bond donors (Lipinski definition) is 1. The highest BCUT2D eigenvalue weighted by Gasteiger charge is 2.34. The monoisotopic (exact) mass is 623 g/mol. The molecule has 0 spiro atoms. The van der Waals surface area contributed by atoms with Gasteiger partial charge in [0.15, 0.2) is 0 Å². The predicted molar refractivity (Wildman–Crippen MR) is 161 cm³/mol. The average Bonchev–Trinajstić information content (AvgIpc) is 2.91. The maximum atomic E-state index is 14.1. The minimum absolute atomic E-state index is 0.00163. The Morgan fingerprint density at radius 2 is 1.50 bits per heavy atom. The van der Waals surface area contributed by atoms with Crippen molar-refractivity contribution in [3.8, 4) is 0 Å². The molecule has 3 rings (SSSR count). The van der Waals surface area contributed by atoms with E-state index in [9.17, 15) is 18.0 Å². The zero-order valence-corrected chi connectivity index (χ0v) is 25.6. The quantitative estimate of drug-likeness (QED) is 0.252. The van der Waals surface area contributed by atoms with E-state index in [-0.39, 0.29) is 39.0 Å². The second-order valence-electron chi connectivity index (χ2n) is 9.63. The first-order valence-corrected chi connectivity index (χ1v) is 15.4. The van der Waals surface area contributed by atoms with Gasteiger partial charge in [0.1, 0.15) is 12.6 Å². The molecule has 0 bridgehead atoms. The molecular formula is C29H32Cl3N3O4S. The Morgan fingerprint density at radius 3 is 2.08 bits per heavy atom. The van der Waals surface area contributed by atoms with Crippen LogP contribution in [0.15, 0.2) is 77.7 Å². The summed E-state index contributed by atoms with van der Waals surface area (Å²) in [6.07, 6.45) is 0.300. The van der Waals surface area contributed by atoms with E-state index < -0.39 is 28.5 Å². The fraction of sp³-hybridized carbons (Fsp3) is 0.310. The number of carbonyl (C=O) groups excluding carboxylic acids is 2. The van der Waals surface area contributed by atoms with Crippen molar-refractivity contribution in [2.24, 2.45) is 5.92 Å². The number of amides is 2. The maximum Gasteiger partial charge on any atom is 0.264 e. The van der Waals surface area contributed by atoms with Crippen molar-refractivity contribution < 1.29 is 18.0 Å². The largest absolute Gasteiger partial charge is 0.354 e. The molecule has 0 radical (unpaired) electrons. The molecule has 0 aliphatic rings. The van der Waals surface area contributed by atoms with Gasteiger partial charge in [0.2, 0.25) is 11.8 Å². The molecule has 0 aliphatic carbocycles. The van der Waals surface area contributed by atoms with Crippen molar-refractivity contribution in [1.82, 2.24) is 10.2 Å². The zero-order valence-electron chi connectivity index (χ0n) is 22.5. The van der Waals surface area contributed by atoms with Crippen molar-refractivity contribution >= 4 is 62.3 Å². The first-order chi connectivity index (χ1) is 18.9. The summed E-state index contributed by atoms with van der Waals surface area (Å²) < 4.78 is 28.6. The molecule has 3 aromatic carbocycles. The normalized spacial score (nSPS) is 12.2. The number of rotatable bonds is 12. The van der Waals surface area contributed by atoms with Crippen molar-refractivity contribution in [1.29, 1.82) is 0 Å². The van der Waals surface area contributed by atoms with Gasteiger partial charge in [0.05, 0.1) is 10.6 Å². The molecule has 11 heteroatoms. The van der Waals surface area contributed by atoms with E-state index in [1.807, 2.05) is 13.8 Å². The van der Waals surface area contributed by atoms with Gasteiger partial charge in [-0.15, -0.1) is 0 Å². The smallest absolute Gasteiger partial charge is 0.264 e. The molecule has 0 saturated carbocycles. The molecule has 0 heterocycles. The molecular weight excluding hydrogens is 593 g/mol. The number of benzene rings is 3. The summed E-state index contributed by atoms with van der Waals surface area (Å²) in [5.41, 5.74) is 0.737. The van der Waals surface area contributed by atoms with Gasteiger partial charge in [0.25, 0.3) is 10.0 Å². The van der Waals surface area contributed by atoms with E-state index in [1.165, 1.54) is 35.2 Å². The summed E-state index contributed by atoms with van der Waals surface area (Å²) >= 11 is 18.9. The lowest BCUT2D eigenvalue weighted by Gasteiger charge is -2.33. The molecule has 2 amide bonds. The molecule has 40 heavy (non-hydrogen) atoms. The van der Waals surface area contributed by atoms with E-state index in [0.717, 1.165) is 4.31 Å². The van der Waals surface area contributed by atoms with E-state index in [4.69, 9.17) is 34.8 Å². The molecule has 7 nitrogen and oxygen atoms in total. The second kappa shape index (κ2) is 14.2. The second-order valence-corrected chi connectivity index (χ2v) is 12.8. The summed E-state index contributed by atoms with van der Waals surface area (Å²) in [6.45, 7) is 5.56. The third kappa shape index (κ3) is 8.13. The van der Waals surface area contributed by atoms with Crippen LogP contribution in [0.1, 0.15) is 32.8 Å². The third-order valence-corrected chi connectivity index (χ3v) is 8.71. The van der Waals surface area contributed by atoms with Gasteiger partial charge in [-0.1, -0.05) is 92.0 Å². The first-order valence-electron chi connectivity index (χ1n) is 12.8. The molecule has 1 atom stereocenters. The molecule has 0 aliphatic heterocycles. The number of nitrogens with zero attached hydrogens (tertiary/aromatic N) is 2. The van der Waals surface area contributed by atoms with Gasteiger partial charge in [-0.2, -0.15) is 0 Å². The minimum Gasteiger partial charge on any atom is -0.354 e. The Labute approximate surface area is 251 Å². The lowest BCUT2D eigenvalue weighted by Crippen LogP contribution is -2.52. The summed E-state index contributed by atoms with van der Waals surface area (Å²) in [7, 11) is -4.23. The molecule has 0 fully saturated rings. The van der Waals surface area contributed by atoms with Gasteiger partial charge >= 0.3 is 0 Å². The summed E-state index contributed by atoms with van der Waals surface area (Å²) in [5, 5.41) is 3.73. The van der Waals surface area contributed by atoms with Crippen LogP contribution in [0, 0.1) is 5.92 Å². The van der Waals surface area contributed by atoms with Crippen LogP contribution in [-0.2, 0) is 26.2 Å². The predicted octanol–water partition coefficient (Wildman–Crippen LogP) is 6.42. The fourth-order valence-electron chi connectivity index (χ4n) is 4.08. The van der Waals surface area contributed by atoms with Crippen LogP contribution < -0.4 is 9.62 Å². The van der Waals surface area contributed by atoms with Crippen molar-refractivity contribution in [3.63, 3.8) is 0 Å². The summed E-state index contributed by atoms with van der Waals surface area (Å²) in [4.78, 5) is 28.7. The van der Waals surface area contributed by atoms with E-state index in [0.29, 0.717) is 23.6 Å². The number of carbonyl (C=O) groups is 2. The van der Waals surface area contributed by atoms with Crippen molar-refractivity contribution in [2.45, 2.75) is 44.7 Å². The zero-order chi connectivity index (χ0) is 29.4. The van der Waals surface area contributed by atoms with Gasteiger partial charge in [0, 0.05) is 28.2 Å². The molecule has 1 N–H and O–H groups in total. The molecule has 0 aromatic heterocycles. The highest BCUT2D eigenvalue weighted by Crippen LogP contribution is 2.30. The number of hydrogen-bond acceptors (Lipinski definition) is 4. The Bertz CT molecular complexity index is 1420. The Hall–Kier alpha value is -2.78. The maximum absolute atomic E-state index is 14.1. The van der Waals surface area contributed by atoms with E-state index >= 15 is 0 Å². The Balaban J connectivity index is 2.08. The lowest BCUT2D eigenvalue weighted by molar-refractivity contribution is -0.140. The summed E-state index contributed by atoms with van der Waals surface area (Å²) in [5.74, 6) is -0.727. The summed E-state index contributed by atoms with van der Waals surface area (Å²) in [6, 6.07) is 18.2. The highest BCUT2D eigenvalue weighted by atomic mass is 35.5.